The first-order valence-electron chi connectivity index (χ1n) is 7.35. The fourth-order valence-corrected chi connectivity index (χ4v) is 3.16. The van der Waals surface area contributed by atoms with Crippen LogP contribution in [0.4, 0.5) is 0 Å². The molecule has 1 atom stereocenters. The van der Waals surface area contributed by atoms with Gasteiger partial charge in [-0.2, -0.15) is 4.31 Å². The van der Waals surface area contributed by atoms with Crippen LogP contribution in [0.2, 0.25) is 0 Å². The first kappa shape index (κ1) is 24.3. The molecule has 0 saturated carbocycles. The molecule has 2 rings (SSSR count). The summed E-state index contributed by atoms with van der Waals surface area (Å²) in [5.74, 6) is -0.420. The van der Waals surface area contributed by atoms with Gasteiger partial charge >= 0.3 is 0 Å². The van der Waals surface area contributed by atoms with E-state index in [-0.39, 0.29) is 48.8 Å². The van der Waals surface area contributed by atoms with Gasteiger partial charge in [-0.1, -0.05) is 30.3 Å². The third-order valence-electron chi connectivity index (χ3n) is 3.46. The highest BCUT2D eigenvalue weighted by Gasteiger charge is 2.23. The van der Waals surface area contributed by atoms with Gasteiger partial charge in [0.1, 0.15) is 4.90 Å². The number of halogens is 2. The number of benzene rings is 1. The van der Waals surface area contributed by atoms with Gasteiger partial charge in [0, 0.05) is 32.0 Å². The highest BCUT2D eigenvalue weighted by Crippen LogP contribution is 2.12. The minimum Gasteiger partial charge on any atom is -0.353 e. The number of sulfonamides is 1. The van der Waals surface area contributed by atoms with E-state index in [9.17, 15) is 13.2 Å². The van der Waals surface area contributed by atoms with Crippen LogP contribution in [-0.4, -0.2) is 43.8 Å². The number of rotatable bonds is 7. The molecule has 3 N–H and O–H groups in total. The van der Waals surface area contributed by atoms with Gasteiger partial charge in [-0.15, -0.1) is 24.8 Å². The Labute approximate surface area is 165 Å². The summed E-state index contributed by atoms with van der Waals surface area (Å²) in [6.07, 6.45) is 2.73. The first-order valence-corrected chi connectivity index (χ1v) is 8.79. The van der Waals surface area contributed by atoms with Gasteiger partial charge in [-0.3, -0.25) is 9.78 Å². The molecule has 7 nitrogen and oxygen atoms in total. The lowest BCUT2D eigenvalue weighted by Gasteiger charge is -2.18. The lowest BCUT2D eigenvalue weighted by atomic mass is 10.1. The smallest absolute Gasteiger partial charge is 0.244 e. The van der Waals surface area contributed by atoms with E-state index in [1.807, 2.05) is 30.3 Å². The standard InChI is InChI=1S/C16H20N4O3S.2ClH/c1-20(24(22,23)14-8-5-9-18-10-14)12-16(21)19-11-15(17)13-6-3-2-4-7-13;;/h2-10,15H,11-12,17H2,1H3,(H,19,21);2*1H. The minimum absolute atomic E-state index is 0. The number of pyridine rings is 1. The van der Waals surface area contributed by atoms with Crippen LogP contribution >= 0.6 is 24.8 Å². The zero-order valence-corrected chi connectivity index (χ0v) is 16.6. The zero-order valence-electron chi connectivity index (χ0n) is 14.1. The lowest BCUT2D eigenvalue weighted by molar-refractivity contribution is -0.121. The molecule has 144 valence electrons. The van der Waals surface area contributed by atoms with Gasteiger partial charge in [0.25, 0.3) is 0 Å². The maximum atomic E-state index is 12.3. The van der Waals surface area contributed by atoms with E-state index < -0.39 is 15.9 Å². The average Bonchev–Trinajstić information content (AvgIpc) is 2.61. The number of hydrogen-bond donors (Lipinski definition) is 2. The van der Waals surface area contributed by atoms with Gasteiger partial charge < -0.3 is 11.1 Å². The molecule has 1 heterocycles. The van der Waals surface area contributed by atoms with Gasteiger partial charge in [-0.05, 0) is 17.7 Å². The number of nitrogens with two attached hydrogens (primary N) is 1. The van der Waals surface area contributed by atoms with Crippen molar-refractivity contribution in [2.75, 3.05) is 20.1 Å². The fraction of sp³-hybridized carbons (Fsp3) is 0.250. The zero-order chi connectivity index (χ0) is 17.6. The fourth-order valence-electron chi connectivity index (χ4n) is 2.06. The maximum absolute atomic E-state index is 12.3. The molecule has 10 heteroatoms. The normalized spacial score (nSPS) is 11.8. The van der Waals surface area contributed by atoms with Crippen LogP contribution in [0.3, 0.4) is 0 Å². The van der Waals surface area contributed by atoms with Crippen LogP contribution in [-0.2, 0) is 14.8 Å². The van der Waals surface area contributed by atoms with Crippen LogP contribution in [0.25, 0.3) is 0 Å². The molecule has 0 aliphatic heterocycles. The Morgan fingerprint density at radius 3 is 2.42 bits per heavy atom. The monoisotopic (exact) mass is 420 g/mol. The number of amides is 1. The first-order chi connectivity index (χ1) is 11.4. The summed E-state index contributed by atoms with van der Waals surface area (Å²) in [4.78, 5) is 15.8. The molecular weight excluding hydrogens is 399 g/mol. The van der Waals surface area contributed by atoms with Gasteiger partial charge in [-0.25, -0.2) is 8.42 Å². The van der Waals surface area contributed by atoms with Crippen molar-refractivity contribution in [2.24, 2.45) is 5.73 Å². The van der Waals surface area contributed by atoms with Gasteiger partial charge in [0.15, 0.2) is 0 Å². The van der Waals surface area contributed by atoms with Gasteiger partial charge in [0.2, 0.25) is 15.9 Å². The van der Waals surface area contributed by atoms with E-state index in [1.54, 1.807) is 0 Å². The molecule has 0 bridgehead atoms. The molecule has 1 amide bonds. The lowest BCUT2D eigenvalue weighted by Crippen LogP contribution is -2.40. The molecule has 0 spiro atoms. The second-order valence-corrected chi connectivity index (χ2v) is 7.32. The number of carbonyl (C=O) groups excluding carboxylic acids is 1. The Morgan fingerprint density at radius 1 is 1.19 bits per heavy atom. The molecule has 0 fully saturated rings. The van der Waals surface area contributed by atoms with Crippen molar-refractivity contribution in [3.05, 3.63) is 60.4 Å². The van der Waals surface area contributed by atoms with Crippen LogP contribution < -0.4 is 11.1 Å². The van der Waals surface area contributed by atoms with E-state index in [1.165, 1.54) is 31.6 Å². The van der Waals surface area contributed by atoms with Crippen LogP contribution in [0.15, 0.2) is 59.8 Å². The topological polar surface area (TPSA) is 105 Å². The van der Waals surface area contributed by atoms with E-state index in [4.69, 9.17) is 5.73 Å². The number of aromatic nitrogens is 1. The van der Waals surface area contributed by atoms with Crippen molar-refractivity contribution in [1.29, 1.82) is 0 Å². The molecule has 0 saturated heterocycles. The molecule has 0 aliphatic carbocycles. The summed E-state index contributed by atoms with van der Waals surface area (Å²) in [5, 5.41) is 2.65. The Bertz CT molecular complexity index is 777. The summed E-state index contributed by atoms with van der Waals surface area (Å²) < 4.78 is 25.6. The molecule has 1 aromatic heterocycles. The van der Waals surface area contributed by atoms with Crippen LogP contribution in [0, 0.1) is 0 Å². The number of carbonyl (C=O) groups is 1. The van der Waals surface area contributed by atoms with Crippen LogP contribution in [0.5, 0.6) is 0 Å². The largest absolute Gasteiger partial charge is 0.353 e. The Kier molecular flexibility index (Phi) is 10.4. The second kappa shape index (κ2) is 11.1. The highest BCUT2D eigenvalue weighted by atomic mass is 35.5. The minimum atomic E-state index is -3.75. The maximum Gasteiger partial charge on any atom is 0.244 e. The van der Waals surface area contributed by atoms with E-state index in [0.717, 1.165) is 9.87 Å². The van der Waals surface area contributed by atoms with Crippen LogP contribution in [0.1, 0.15) is 11.6 Å². The summed E-state index contributed by atoms with van der Waals surface area (Å²) in [6, 6.07) is 12.0. The molecule has 2 aromatic rings. The Hall–Kier alpha value is -1.71. The third kappa shape index (κ3) is 6.54. The Morgan fingerprint density at radius 2 is 1.85 bits per heavy atom. The van der Waals surface area contributed by atoms with Gasteiger partial charge in [0.05, 0.1) is 6.54 Å². The quantitative estimate of drug-likeness (QED) is 0.703. The molecule has 1 aromatic carbocycles. The van der Waals surface area contributed by atoms with Crippen molar-refractivity contribution in [3.8, 4) is 0 Å². The van der Waals surface area contributed by atoms with Crippen molar-refractivity contribution >= 4 is 40.7 Å². The van der Waals surface area contributed by atoms with Crippen molar-refractivity contribution in [2.45, 2.75) is 10.9 Å². The van der Waals surface area contributed by atoms with E-state index in [2.05, 4.69) is 10.3 Å². The van der Waals surface area contributed by atoms with E-state index >= 15 is 0 Å². The van der Waals surface area contributed by atoms with Crippen molar-refractivity contribution in [3.63, 3.8) is 0 Å². The Balaban J connectivity index is 0.00000312. The summed E-state index contributed by atoms with van der Waals surface area (Å²) in [5.41, 5.74) is 6.89. The molecule has 26 heavy (non-hydrogen) atoms. The molecule has 0 aliphatic rings. The SMILES string of the molecule is CN(CC(=O)NCC(N)c1ccccc1)S(=O)(=O)c1cccnc1.Cl.Cl. The predicted molar refractivity (Wildman–Crippen MR) is 105 cm³/mol. The number of nitrogens with zero attached hydrogens (tertiary/aromatic N) is 2. The van der Waals surface area contributed by atoms with Crippen molar-refractivity contribution < 1.29 is 13.2 Å². The second-order valence-electron chi connectivity index (χ2n) is 5.27. The predicted octanol–water partition coefficient (Wildman–Crippen LogP) is 1.36. The summed E-state index contributed by atoms with van der Waals surface area (Å²) in [7, 11) is -2.40. The molecular formula is C16H22Cl2N4O3S. The third-order valence-corrected chi connectivity index (χ3v) is 5.24. The van der Waals surface area contributed by atoms with Crippen molar-refractivity contribution in [1.82, 2.24) is 14.6 Å². The van der Waals surface area contributed by atoms with E-state index in [0.29, 0.717) is 0 Å². The molecule has 0 radical (unpaired) electrons. The molecule has 1 unspecified atom stereocenters. The summed E-state index contributed by atoms with van der Waals surface area (Å²) in [6.45, 7) is -0.0671. The highest BCUT2D eigenvalue weighted by molar-refractivity contribution is 7.89. The summed E-state index contributed by atoms with van der Waals surface area (Å²) >= 11 is 0. The number of likely N-dealkylation sites (N-methyl/N-ethyl adjacent to an activating group) is 1. The number of hydrogen-bond acceptors (Lipinski definition) is 5. The number of nitrogens with one attached hydrogen (secondary N) is 1. The average molecular weight is 421 g/mol.